The molecular formula is C44H62N6O6. The molecule has 4 fully saturated rings. The summed E-state index contributed by atoms with van der Waals surface area (Å²) in [5.74, 6) is 1.01. The summed E-state index contributed by atoms with van der Waals surface area (Å²) in [6, 6.07) is 16.6. The van der Waals surface area contributed by atoms with Crippen LogP contribution in [0.4, 0.5) is 5.69 Å². The zero-order valence-corrected chi connectivity index (χ0v) is 34.4. The average Bonchev–Trinajstić information content (AvgIpc) is 3.54. The van der Waals surface area contributed by atoms with E-state index in [0.717, 1.165) is 34.5 Å². The SMILES string of the molecule is C[C@@H]1[C@@H](NC(=O)[C@@H]2[C@H]([C@H](C)O)[C@H](CO)ON2Cc2cccc(-c3cc(C(=O)NCCc4ccccn4)cc(N(C)C)c3)c2OCCN(C)C)C[C@@H]2C[C@H]1C2(C)C. The van der Waals surface area contributed by atoms with E-state index in [2.05, 4.69) is 36.4 Å². The molecule has 1 aromatic heterocycles. The number of fused-ring (bicyclic) bond motifs is 2. The van der Waals surface area contributed by atoms with Crippen LogP contribution in [0.5, 0.6) is 5.75 Å². The van der Waals surface area contributed by atoms with Crippen molar-refractivity contribution in [3.63, 3.8) is 0 Å². The Kier molecular flexibility index (Phi) is 13.1. The smallest absolute Gasteiger partial charge is 0.251 e. The molecule has 0 unspecified atom stereocenters. The molecule has 12 nitrogen and oxygen atoms in total. The number of aliphatic hydroxyl groups is 2. The van der Waals surface area contributed by atoms with Gasteiger partial charge in [-0.1, -0.05) is 45.0 Å². The van der Waals surface area contributed by atoms with E-state index >= 15 is 0 Å². The lowest BCUT2D eigenvalue weighted by Crippen LogP contribution is -2.62. The van der Waals surface area contributed by atoms with Gasteiger partial charge >= 0.3 is 0 Å². The number of nitrogens with one attached hydrogen (secondary N) is 2. The van der Waals surface area contributed by atoms with Crippen LogP contribution in [0.1, 0.15) is 62.2 Å². The van der Waals surface area contributed by atoms with Crippen LogP contribution in [-0.4, -0.2) is 116 Å². The number of carbonyl (C=O) groups excluding carboxylic acids is 2. The normalized spacial score (nSPS) is 26.0. The summed E-state index contributed by atoms with van der Waals surface area (Å²) in [5.41, 5.74) is 4.90. The minimum Gasteiger partial charge on any atom is -0.491 e. The van der Waals surface area contributed by atoms with Crippen molar-refractivity contribution in [3.05, 3.63) is 77.6 Å². The van der Waals surface area contributed by atoms with Gasteiger partial charge < -0.3 is 35.4 Å². The van der Waals surface area contributed by atoms with Crippen LogP contribution in [0.15, 0.2) is 60.8 Å². The molecule has 0 radical (unpaired) electrons. The summed E-state index contributed by atoms with van der Waals surface area (Å²) in [4.78, 5) is 42.7. The number of hydrogen-bond acceptors (Lipinski definition) is 10. The number of aliphatic hydroxyl groups excluding tert-OH is 2. The number of nitrogens with zero attached hydrogens (tertiary/aromatic N) is 4. The fraction of sp³-hybridized carbons (Fsp3) is 0.568. The summed E-state index contributed by atoms with van der Waals surface area (Å²) < 4.78 is 6.61. The molecule has 8 atom stereocenters. The topological polar surface area (TPSA) is 140 Å². The van der Waals surface area contributed by atoms with Crippen LogP contribution in [0.3, 0.4) is 0 Å². The molecule has 2 aromatic carbocycles. The van der Waals surface area contributed by atoms with E-state index in [1.54, 1.807) is 18.2 Å². The van der Waals surface area contributed by atoms with Crippen LogP contribution >= 0.6 is 0 Å². The molecular weight excluding hydrogens is 709 g/mol. The molecule has 3 saturated carbocycles. The lowest BCUT2D eigenvalue weighted by molar-refractivity contribution is -0.183. The molecule has 3 aliphatic carbocycles. The number of pyridine rings is 1. The van der Waals surface area contributed by atoms with Crippen molar-refractivity contribution in [2.24, 2.45) is 29.1 Å². The number of hydroxylamine groups is 2. The highest BCUT2D eigenvalue weighted by Gasteiger charge is 2.57. The number of para-hydroxylation sites is 1. The maximum absolute atomic E-state index is 14.4. The molecule has 2 amide bonds. The molecule has 4 N–H and O–H groups in total. The molecule has 7 rings (SSSR count). The minimum atomic E-state index is -0.909. The van der Waals surface area contributed by atoms with Gasteiger partial charge in [0.05, 0.1) is 19.3 Å². The standard InChI is InChI=1S/C44H62N6O6/c1-27-36-23-32(44(36,3)4)24-37(27)47-43(54)40-39(28(2)52)38(26-51)56-50(40)25-29-12-11-14-35(41(29)55-19-18-48(5)6)30-20-31(22-34(21-30)49(7)8)42(53)46-17-15-33-13-9-10-16-45-33/h9-14,16,20-22,27-28,32,36-40,51-52H,15,17-19,23-26H2,1-8H3,(H,46,53)(H,47,54)/t27-,28-,32-,36+,37-,38-,39+,40-/m0/s1. The van der Waals surface area contributed by atoms with Gasteiger partial charge in [0.15, 0.2) is 0 Å². The van der Waals surface area contributed by atoms with Crippen molar-refractivity contribution < 1.29 is 29.4 Å². The quantitative estimate of drug-likeness (QED) is 0.166. The Labute approximate surface area is 332 Å². The maximum atomic E-state index is 14.4. The van der Waals surface area contributed by atoms with E-state index in [1.165, 1.54) is 6.42 Å². The molecule has 304 valence electrons. The van der Waals surface area contributed by atoms with Gasteiger partial charge in [0, 0.05) is 79.8 Å². The summed E-state index contributed by atoms with van der Waals surface area (Å²) in [7, 11) is 7.85. The second-order valence-corrected chi connectivity index (χ2v) is 17.2. The second-order valence-electron chi connectivity index (χ2n) is 17.2. The molecule has 4 aliphatic rings. The molecule has 3 aromatic rings. The number of hydrogen-bond donors (Lipinski definition) is 4. The van der Waals surface area contributed by atoms with Gasteiger partial charge in [-0.2, -0.15) is 5.06 Å². The number of carbonyl (C=O) groups is 2. The third kappa shape index (κ3) is 8.89. The highest BCUT2D eigenvalue weighted by atomic mass is 16.7. The summed E-state index contributed by atoms with van der Waals surface area (Å²) in [6.07, 6.45) is 2.81. The fourth-order valence-corrected chi connectivity index (χ4v) is 9.20. The third-order valence-corrected chi connectivity index (χ3v) is 12.7. The average molecular weight is 771 g/mol. The van der Waals surface area contributed by atoms with Gasteiger partial charge in [0.25, 0.3) is 5.91 Å². The number of anilines is 1. The van der Waals surface area contributed by atoms with Gasteiger partial charge in [-0.25, -0.2) is 0 Å². The first-order chi connectivity index (χ1) is 26.7. The van der Waals surface area contributed by atoms with E-state index in [0.29, 0.717) is 55.2 Å². The van der Waals surface area contributed by atoms with Gasteiger partial charge in [0.1, 0.15) is 24.5 Å². The van der Waals surface area contributed by atoms with Crippen LogP contribution < -0.4 is 20.3 Å². The number of benzene rings is 2. The van der Waals surface area contributed by atoms with Crippen molar-refractivity contribution in [2.45, 2.75) is 77.8 Å². The summed E-state index contributed by atoms with van der Waals surface area (Å²) in [6.45, 7) is 9.89. The Balaban J connectivity index is 1.31. The number of ether oxygens (including phenoxy) is 1. The van der Waals surface area contributed by atoms with E-state index in [9.17, 15) is 19.8 Å². The fourth-order valence-electron chi connectivity index (χ4n) is 9.20. The zero-order valence-electron chi connectivity index (χ0n) is 34.4. The van der Waals surface area contributed by atoms with E-state index < -0.39 is 24.2 Å². The lowest BCUT2D eigenvalue weighted by Gasteiger charge is -2.62. The maximum Gasteiger partial charge on any atom is 0.251 e. The van der Waals surface area contributed by atoms with Crippen LogP contribution in [0.2, 0.25) is 0 Å². The second kappa shape index (κ2) is 17.6. The molecule has 0 spiro atoms. The Morgan fingerprint density at radius 3 is 2.52 bits per heavy atom. The van der Waals surface area contributed by atoms with Crippen molar-refractivity contribution in [1.29, 1.82) is 0 Å². The van der Waals surface area contributed by atoms with Gasteiger partial charge in [0.2, 0.25) is 5.91 Å². The summed E-state index contributed by atoms with van der Waals surface area (Å²) in [5, 5.41) is 29.5. The highest BCUT2D eigenvalue weighted by Crippen LogP contribution is 2.61. The first kappa shape index (κ1) is 41.6. The molecule has 1 saturated heterocycles. The number of aromatic nitrogens is 1. The van der Waals surface area contributed by atoms with E-state index in [-0.39, 0.29) is 36.4 Å². The highest BCUT2D eigenvalue weighted by molar-refractivity contribution is 5.97. The monoisotopic (exact) mass is 770 g/mol. The van der Waals surface area contributed by atoms with Crippen molar-refractivity contribution in [3.8, 4) is 16.9 Å². The van der Waals surface area contributed by atoms with Gasteiger partial charge in [-0.05, 0) is 92.9 Å². The Hall–Kier alpha value is -4.07. The summed E-state index contributed by atoms with van der Waals surface area (Å²) >= 11 is 0. The van der Waals surface area contributed by atoms with Crippen LogP contribution in [-0.2, 0) is 22.6 Å². The van der Waals surface area contributed by atoms with E-state index in [4.69, 9.17) is 9.57 Å². The Morgan fingerprint density at radius 2 is 1.88 bits per heavy atom. The lowest BCUT2D eigenvalue weighted by atomic mass is 9.45. The minimum absolute atomic E-state index is 0.0302. The molecule has 2 heterocycles. The molecule has 12 heteroatoms. The zero-order chi connectivity index (χ0) is 40.3. The Morgan fingerprint density at radius 1 is 1.09 bits per heavy atom. The van der Waals surface area contributed by atoms with Crippen LogP contribution in [0.25, 0.3) is 11.1 Å². The largest absolute Gasteiger partial charge is 0.491 e. The van der Waals surface area contributed by atoms with E-state index in [1.807, 2.05) is 92.6 Å². The van der Waals surface area contributed by atoms with Crippen molar-refractivity contribution >= 4 is 17.5 Å². The number of likely N-dealkylation sites (N-methyl/N-ethyl adjacent to an activating group) is 1. The van der Waals surface area contributed by atoms with Crippen molar-refractivity contribution in [1.82, 2.24) is 25.6 Å². The number of rotatable bonds is 16. The third-order valence-electron chi connectivity index (χ3n) is 12.7. The molecule has 2 bridgehead atoms. The number of amides is 2. The Bertz CT molecular complexity index is 1820. The van der Waals surface area contributed by atoms with Crippen molar-refractivity contribution in [2.75, 3.05) is 59.4 Å². The first-order valence-corrected chi connectivity index (χ1v) is 20.1. The predicted molar refractivity (Wildman–Crippen MR) is 218 cm³/mol. The molecule has 56 heavy (non-hydrogen) atoms. The van der Waals surface area contributed by atoms with Crippen LogP contribution in [0, 0.1) is 29.1 Å². The van der Waals surface area contributed by atoms with Gasteiger partial charge in [-0.3, -0.25) is 19.4 Å². The first-order valence-electron chi connectivity index (χ1n) is 20.1. The molecule has 1 aliphatic heterocycles. The predicted octanol–water partition coefficient (Wildman–Crippen LogP) is 4.39. The van der Waals surface area contributed by atoms with Gasteiger partial charge in [-0.15, -0.1) is 0 Å².